The van der Waals surface area contributed by atoms with Gasteiger partial charge in [0.2, 0.25) is 0 Å². The zero-order chi connectivity index (χ0) is 23.1. The lowest BCUT2D eigenvalue weighted by molar-refractivity contribution is 0.0697. The molecule has 1 aromatic heterocycles. The Morgan fingerprint density at radius 3 is 2.53 bits per heavy atom. The summed E-state index contributed by atoms with van der Waals surface area (Å²) in [6.45, 7) is 2.85. The van der Waals surface area contributed by atoms with Crippen LogP contribution >= 0.6 is 0 Å². The van der Waals surface area contributed by atoms with Crippen molar-refractivity contribution in [3.05, 3.63) is 59.4 Å². The standard InChI is InChI=1S/C23H27N5O4/c1-3-4-5-12-32-23(31)27-21(24)15-6-9-17(10-7-15)25-14-20-26-18-13-16(22(29)30)8-11-19(18)28(20)2/h6-11,13,25H,3-5,12,14H2,1-2H3,(H,29,30)(H2,24,27,31). The molecule has 9 nitrogen and oxygen atoms in total. The van der Waals surface area contributed by atoms with Gasteiger partial charge in [0.05, 0.1) is 29.7 Å². The van der Waals surface area contributed by atoms with Gasteiger partial charge in [-0.25, -0.2) is 14.6 Å². The first-order valence-electron chi connectivity index (χ1n) is 10.4. The number of nitrogens with zero attached hydrogens (tertiary/aromatic N) is 2. The summed E-state index contributed by atoms with van der Waals surface area (Å²) in [7, 11) is 1.88. The lowest BCUT2D eigenvalue weighted by Crippen LogP contribution is -2.31. The van der Waals surface area contributed by atoms with E-state index < -0.39 is 12.1 Å². The van der Waals surface area contributed by atoms with Crippen LogP contribution in [-0.2, 0) is 18.3 Å². The average Bonchev–Trinajstić information content (AvgIpc) is 3.10. The van der Waals surface area contributed by atoms with Crippen LogP contribution < -0.4 is 10.6 Å². The van der Waals surface area contributed by atoms with Crippen molar-refractivity contribution in [1.82, 2.24) is 14.9 Å². The lowest BCUT2D eigenvalue weighted by atomic mass is 10.2. The van der Waals surface area contributed by atoms with Crippen molar-refractivity contribution in [3.8, 4) is 0 Å². The van der Waals surface area contributed by atoms with Gasteiger partial charge in [-0.3, -0.25) is 10.7 Å². The smallest absolute Gasteiger partial charge is 0.412 e. The van der Waals surface area contributed by atoms with E-state index in [1.807, 2.05) is 23.7 Å². The molecule has 168 valence electrons. The van der Waals surface area contributed by atoms with E-state index in [9.17, 15) is 9.59 Å². The fourth-order valence-electron chi connectivity index (χ4n) is 3.20. The Hall–Kier alpha value is -3.88. The molecular weight excluding hydrogens is 410 g/mol. The van der Waals surface area contributed by atoms with Crippen molar-refractivity contribution in [1.29, 1.82) is 5.41 Å². The quantitative estimate of drug-likeness (QED) is 0.226. The number of fused-ring (bicyclic) bond motifs is 1. The van der Waals surface area contributed by atoms with E-state index in [1.54, 1.807) is 30.3 Å². The van der Waals surface area contributed by atoms with Gasteiger partial charge in [0.1, 0.15) is 11.7 Å². The fourth-order valence-corrected chi connectivity index (χ4v) is 3.20. The molecule has 0 saturated heterocycles. The van der Waals surface area contributed by atoms with Crippen LogP contribution in [0.15, 0.2) is 42.5 Å². The highest BCUT2D eigenvalue weighted by Crippen LogP contribution is 2.18. The summed E-state index contributed by atoms with van der Waals surface area (Å²) >= 11 is 0. The number of nitrogens with one attached hydrogen (secondary N) is 3. The second kappa shape index (κ2) is 10.4. The fraction of sp³-hybridized carbons (Fsp3) is 0.304. The second-order valence-corrected chi connectivity index (χ2v) is 7.37. The van der Waals surface area contributed by atoms with Gasteiger partial charge in [0, 0.05) is 18.3 Å². The van der Waals surface area contributed by atoms with Crippen molar-refractivity contribution in [3.63, 3.8) is 0 Å². The minimum absolute atomic E-state index is 0.0263. The SMILES string of the molecule is CCCCCOC(=O)NC(=N)c1ccc(NCc2nc3cc(C(=O)O)ccc3n2C)cc1. The predicted molar refractivity (Wildman–Crippen MR) is 122 cm³/mol. The number of aromatic nitrogens is 2. The van der Waals surface area contributed by atoms with Crippen molar-refractivity contribution in [2.75, 3.05) is 11.9 Å². The number of amidine groups is 1. The molecule has 3 rings (SSSR count). The van der Waals surface area contributed by atoms with Gasteiger partial charge in [0.25, 0.3) is 0 Å². The molecule has 0 aliphatic rings. The molecule has 0 aliphatic carbocycles. The van der Waals surface area contributed by atoms with Crippen molar-refractivity contribution < 1.29 is 19.4 Å². The molecule has 0 fully saturated rings. The molecule has 0 saturated carbocycles. The maximum Gasteiger partial charge on any atom is 0.412 e. The number of ether oxygens (including phenoxy) is 1. The summed E-state index contributed by atoms with van der Waals surface area (Å²) in [5.74, 6) is -0.254. The van der Waals surface area contributed by atoms with Crippen LogP contribution in [0.25, 0.3) is 11.0 Å². The summed E-state index contributed by atoms with van der Waals surface area (Å²) in [4.78, 5) is 27.4. The predicted octanol–water partition coefficient (Wildman–Crippen LogP) is 4.13. The van der Waals surface area contributed by atoms with Crippen molar-refractivity contribution >= 4 is 34.6 Å². The third-order valence-corrected chi connectivity index (χ3v) is 5.05. The van der Waals surface area contributed by atoms with E-state index >= 15 is 0 Å². The maximum absolute atomic E-state index is 11.8. The summed E-state index contributed by atoms with van der Waals surface area (Å²) in [6.07, 6.45) is 2.23. The number of anilines is 1. The van der Waals surface area contributed by atoms with Crippen LogP contribution in [0.1, 0.15) is 47.9 Å². The van der Waals surface area contributed by atoms with Gasteiger partial charge < -0.3 is 19.7 Å². The maximum atomic E-state index is 11.8. The van der Waals surface area contributed by atoms with Crippen LogP contribution in [-0.4, -0.2) is 39.2 Å². The molecule has 9 heteroatoms. The molecule has 3 aromatic rings. The van der Waals surface area contributed by atoms with E-state index in [1.165, 1.54) is 0 Å². The number of aryl methyl sites for hydroxylation is 1. The topological polar surface area (TPSA) is 129 Å². The normalized spacial score (nSPS) is 10.7. The number of carboxylic acids is 1. The lowest BCUT2D eigenvalue weighted by Gasteiger charge is -2.10. The average molecular weight is 438 g/mol. The molecule has 4 N–H and O–H groups in total. The monoisotopic (exact) mass is 437 g/mol. The van der Waals surface area contributed by atoms with Gasteiger partial charge >= 0.3 is 12.1 Å². The van der Waals surface area contributed by atoms with Gasteiger partial charge in [-0.15, -0.1) is 0 Å². The minimum Gasteiger partial charge on any atom is -0.478 e. The number of imidazole rings is 1. The summed E-state index contributed by atoms with van der Waals surface area (Å²) in [5, 5.41) is 22.9. The molecule has 0 spiro atoms. The van der Waals surface area contributed by atoms with Gasteiger partial charge in [-0.1, -0.05) is 19.8 Å². The Morgan fingerprint density at radius 1 is 1.12 bits per heavy atom. The number of rotatable bonds is 9. The number of alkyl carbamates (subject to hydrolysis) is 1. The molecule has 1 heterocycles. The molecule has 0 aliphatic heterocycles. The Kier molecular flexibility index (Phi) is 7.43. The van der Waals surface area contributed by atoms with E-state index in [4.69, 9.17) is 15.3 Å². The number of benzene rings is 2. The van der Waals surface area contributed by atoms with Crippen molar-refractivity contribution in [2.45, 2.75) is 32.7 Å². The Balaban J connectivity index is 1.57. The number of amides is 1. The number of unbranched alkanes of at least 4 members (excludes halogenated alkanes) is 2. The molecule has 0 radical (unpaired) electrons. The molecule has 0 unspecified atom stereocenters. The van der Waals surface area contributed by atoms with Crippen LogP contribution in [0.3, 0.4) is 0 Å². The number of carboxylic acid groups (broad SMARTS) is 1. The summed E-state index contributed by atoms with van der Waals surface area (Å²) in [5.41, 5.74) is 3.06. The van der Waals surface area contributed by atoms with E-state index in [2.05, 4.69) is 22.5 Å². The summed E-state index contributed by atoms with van der Waals surface area (Å²) in [6, 6.07) is 12.0. The van der Waals surface area contributed by atoms with E-state index in [0.29, 0.717) is 24.2 Å². The zero-order valence-electron chi connectivity index (χ0n) is 18.1. The van der Waals surface area contributed by atoms with Crippen LogP contribution in [0, 0.1) is 5.41 Å². The molecule has 32 heavy (non-hydrogen) atoms. The number of carbonyl (C=O) groups is 2. The van der Waals surface area contributed by atoms with Crippen molar-refractivity contribution in [2.24, 2.45) is 7.05 Å². The van der Waals surface area contributed by atoms with Crippen LogP contribution in [0.4, 0.5) is 10.5 Å². The zero-order valence-corrected chi connectivity index (χ0v) is 18.1. The van der Waals surface area contributed by atoms with E-state index in [-0.39, 0.29) is 11.4 Å². The number of hydrogen-bond donors (Lipinski definition) is 4. The molecule has 0 bridgehead atoms. The first-order chi connectivity index (χ1) is 15.4. The number of aromatic carboxylic acids is 1. The highest BCUT2D eigenvalue weighted by molar-refractivity contribution is 6.04. The third-order valence-electron chi connectivity index (χ3n) is 5.05. The molecular formula is C23H27N5O4. The minimum atomic E-state index is -0.984. The first kappa shape index (κ1) is 22.8. The number of carbonyl (C=O) groups excluding carboxylic acids is 1. The number of hydrogen-bond acceptors (Lipinski definition) is 6. The van der Waals surface area contributed by atoms with E-state index in [0.717, 1.165) is 36.3 Å². The Morgan fingerprint density at radius 2 is 1.84 bits per heavy atom. The Labute approximate surface area is 185 Å². The van der Waals surface area contributed by atoms with Crippen LogP contribution in [0.2, 0.25) is 0 Å². The molecule has 1 amide bonds. The first-order valence-corrected chi connectivity index (χ1v) is 10.4. The highest BCUT2D eigenvalue weighted by Gasteiger charge is 2.11. The molecule has 0 atom stereocenters. The largest absolute Gasteiger partial charge is 0.478 e. The van der Waals surface area contributed by atoms with Gasteiger partial charge in [0.15, 0.2) is 0 Å². The second-order valence-electron chi connectivity index (χ2n) is 7.37. The van der Waals surface area contributed by atoms with Gasteiger partial charge in [-0.05, 0) is 48.9 Å². The Bertz CT molecular complexity index is 1120. The van der Waals surface area contributed by atoms with Crippen LogP contribution in [0.5, 0.6) is 0 Å². The third kappa shape index (κ3) is 5.63. The summed E-state index contributed by atoms with van der Waals surface area (Å²) < 4.78 is 6.97. The van der Waals surface area contributed by atoms with Gasteiger partial charge in [-0.2, -0.15) is 0 Å². The highest BCUT2D eigenvalue weighted by atomic mass is 16.5. The molecule has 2 aromatic carbocycles.